The van der Waals surface area contributed by atoms with Gasteiger partial charge in [0.2, 0.25) is 0 Å². The molecule has 0 unspecified atom stereocenters. The number of hydrogen-bond acceptors (Lipinski definition) is 0. The molecule has 0 aliphatic heterocycles. The molecule has 3 rings (SSSR count). The van der Waals surface area contributed by atoms with E-state index < -0.39 is 0 Å². The predicted molar refractivity (Wildman–Crippen MR) is 98.1 cm³/mol. The number of unbranched alkanes of at least 4 members (excludes halogenated alkanes) is 1. The molecular formula is C21H33B. The summed E-state index contributed by atoms with van der Waals surface area (Å²) in [5, 5.41) is 0. The van der Waals surface area contributed by atoms with Gasteiger partial charge in [0.25, 0.3) is 0 Å². The van der Waals surface area contributed by atoms with E-state index in [1.165, 1.54) is 83.5 Å². The van der Waals surface area contributed by atoms with Crippen LogP contribution in [-0.4, -0.2) is 6.91 Å². The van der Waals surface area contributed by atoms with E-state index in [0.717, 1.165) is 11.8 Å². The number of hydrogen-bond donors (Lipinski definition) is 0. The van der Waals surface area contributed by atoms with Crippen LogP contribution in [0.4, 0.5) is 0 Å². The van der Waals surface area contributed by atoms with Crippen LogP contribution in [0.5, 0.6) is 0 Å². The van der Waals surface area contributed by atoms with Gasteiger partial charge in [-0.2, -0.15) is 0 Å². The maximum absolute atomic E-state index is 2.50. The Hall–Kier alpha value is -0.585. The molecule has 0 amide bonds. The second-order valence-electron chi connectivity index (χ2n) is 7.69. The molecule has 2 aliphatic rings. The normalized spacial score (nSPS) is 21.0. The van der Waals surface area contributed by atoms with Crippen LogP contribution < -0.4 is 0 Å². The average molecular weight is 296 g/mol. The fraction of sp³-hybridized carbons (Fsp3) is 0.762. The first-order valence-corrected chi connectivity index (χ1v) is 10.0. The van der Waals surface area contributed by atoms with Gasteiger partial charge in [0.05, 0.1) is 0 Å². The molecule has 0 N–H and O–H groups in total. The Morgan fingerprint density at radius 3 is 2.18 bits per heavy atom. The van der Waals surface area contributed by atoms with Crippen molar-refractivity contribution < 1.29 is 0 Å². The average Bonchev–Trinajstić information content (AvgIpc) is 2.61. The Morgan fingerprint density at radius 2 is 1.55 bits per heavy atom. The Morgan fingerprint density at radius 1 is 0.909 bits per heavy atom. The monoisotopic (exact) mass is 296 g/mol. The van der Waals surface area contributed by atoms with E-state index in [-0.39, 0.29) is 0 Å². The van der Waals surface area contributed by atoms with Crippen LogP contribution in [0.25, 0.3) is 0 Å². The van der Waals surface area contributed by atoms with Crippen LogP contribution in [-0.2, 0) is 6.42 Å². The molecule has 1 heteroatoms. The van der Waals surface area contributed by atoms with Crippen molar-refractivity contribution in [1.82, 2.24) is 0 Å². The van der Waals surface area contributed by atoms with Gasteiger partial charge in [-0.3, -0.25) is 0 Å². The number of aryl methyl sites for hydroxylation is 1. The molecule has 2 fully saturated rings. The van der Waals surface area contributed by atoms with E-state index in [0.29, 0.717) is 0 Å². The molecule has 22 heavy (non-hydrogen) atoms. The van der Waals surface area contributed by atoms with Gasteiger partial charge in [0.15, 0.2) is 0 Å². The van der Waals surface area contributed by atoms with E-state index in [4.69, 9.17) is 0 Å². The van der Waals surface area contributed by atoms with Crippen molar-refractivity contribution in [3.05, 3.63) is 28.6 Å². The molecule has 1 aromatic heterocycles. The molecule has 120 valence electrons. The first kappa shape index (κ1) is 16.3. The molecule has 0 atom stereocenters. The van der Waals surface area contributed by atoms with Crippen LogP contribution in [0, 0.1) is 0 Å². The van der Waals surface area contributed by atoms with Gasteiger partial charge in [0.1, 0.15) is 0 Å². The Bertz CT molecular complexity index is 453. The second-order valence-corrected chi connectivity index (χ2v) is 7.69. The molecular weight excluding hydrogens is 263 g/mol. The van der Waals surface area contributed by atoms with Crippen LogP contribution in [0.1, 0.15) is 112 Å². The number of rotatable bonds is 5. The third-order valence-electron chi connectivity index (χ3n) is 6.09. The van der Waals surface area contributed by atoms with Crippen molar-refractivity contribution in [2.45, 2.75) is 102 Å². The zero-order valence-electron chi connectivity index (χ0n) is 14.6. The maximum atomic E-state index is 2.50. The summed E-state index contributed by atoms with van der Waals surface area (Å²) in [4.78, 5) is 0. The summed E-state index contributed by atoms with van der Waals surface area (Å²) in [5.74, 6) is 4.10. The van der Waals surface area contributed by atoms with Gasteiger partial charge in [-0.1, -0.05) is 0 Å². The summed E-state index contributed by atoms with van der Waals surface area (Å²) >= 11 is 0. The second kappa shape index (κ2) is 8.32. The molecule has 0 spiro atoms. The minimum atomic E-state index is 0.868. The molecule has 1 heterocycles. The van der Waals surface area contributed by atoms with Gasteiger partial charge in [-0.25, -0.2) is 0 Å². The van der Waals surface area contributed by atoms with Gasteiger partial charge < -0.3 is 0 Å². The Kier molecular flexibility index (Phi) is 6.16. The van der Waals surface area contributed by atoms with Crippen LogP contribution in [0.3, 0.4) is 0 Å². The van der Waals surface area contributed by atoms with Gasteiger partial charge in [-0.15, -0.1) is 0 Å². The van der Waals surface area contributed by atoms with E-state index in [1.807, 2.05) is 5.56 Å². The predicted octanol–water partition coefficient (Wildman–Crippen LogP) is 6.46. The summed E-state index contributed by atoms with van der Waals surface area (Å²) in [5.41, 5.74) is 5.29. The van der Waals surface area contributed by atoms with Gasteiger partial charge >= 0.3 is 138 Å². The van der Waals surface area contributed by atoms with E-state index in [1.54, 1.807) is 11.0 Å². The molecule has 2 saturated carbocycles. The summed E-state index contributed by atoms with van der Waals surface area (Å²) in [6.07, 6.45) is 18.5. The molecule has 0 nitrogen and oxygen atoms in total. The quantitative estimate of drug-likeness (QED) is 0.584. The molecule has 1 aromatic rings. The SMILES string of the molecule is CCCCc1ccbc(C2CCCCC2)c1C1CCCCC1. The van der Waals surface area contributed by atoms with E-state index in [9.17, 15) is 0 Å². The topological polar surface area (TPSA) is 0 Å². The van der Waals surface area contributed by atoms with E-state index in [2.05, 4.69) is 25.9 Å². The molecule has 0 bridgehead atoms. The van der Waals surface area contributed by atoms with Crippen LogP contribution in [0.2, 0.25) is 0 Å². The van der Waals surface area contributed by atoms with Gasteiger partial charge in [0, 0.05) is 0 Å². The molecule has 2 aliphatic carbocycles. The standard InChI is InChI=1S/C21H33B/c1-2-3-10-18-15-16-22-21(19-13-8-5-9-14-19)20(18)17-11-6-4-7-12-17/h15-17,19H,2-14H2,1H3. The fourth-order valence-corrected chi connectivity index (χ4v) is 4.88. The van der Waals surface area contributed by atoms with Crippen molar-refractivity contribution in [2.75, 3.05) is 0 Å². The third-order valence-corrected chi connectivity index (χ3v) is 6.09. The zero-order valence-corrected chi connectivity index (χ0v) is 14.6. The van der Waals surface area contributed by atoms with E-state index >= 15 is 0 Å². The minimum absolute atomic E-state index is 0.868. The van der Waals surface area contributed by atoms with Crippen molar-refractivity contribution in [3.8, 4) is 0 Å². The third kappa shape index (κ3) is 3.84. The summed E-state index contributed by atoms with van der Waals surface area (Å²) < 4.78 is 0. The van der Waals surface area contributed by atoms with Crippen LogP contribution in [0.15, 0.2) is 12.0 Å². The zero-order chi connectivity index (χ0) is 15.2. The van der Waals surface area contributed by atoms with Crippen molar-refractivity contribution in [2.24, 2.45) is 0 Å². The molecule has 0 aromatic carbocycles. The van der Waals surface area contributed by atoms with Crippen molar-refractivity contribution in [1.29, 1.82) is 0 Å². The molecule has 0 radical (unpaired) electrons. The Labute approximate surface area is 138 Å². The van der Waals surface area contributed by atoms with Gasteiger partial charge in [-0.05, 0) is 0 Å². The Balaban J connectivity index is 1.91. The summed E-state index contributed by atoms with van der Waals surface area (Å²) in [6.45, 7) is 4.82. The first-order chi connectivity index (χ1) is 10.9. The molecule has 0 saturated heterocycles. The summed E-state index contributed by atoms with van der Waals surface area (Å²) in [6, 6.07) is 2.45. The van der Waals surface area contributed by atoms with Crippen LogP contribution >= 0.6 is 0 Å². The first-order valence-electron chi connectivity index (χ1n) is 10.0. The van der Waals surface area contributed by atoms with Crippen molar-refractivity contribution >= 4 is 6.91 Å². The van der Waals surface area contributed by atoms with Crippen molar-refractivity contribution in [3.63, 3.8) is 0 Å². The fourth-order valence-electron chi connectivity index (χ4n) is 4.88. The summed E-state index contributed by atoms with van der Waals surface area (Å²) in [7, 11) is 0.